The molecule has 4 rings (SSSR count). The number of phenolic OH excluding ortho intramolecular Hbond substituents is 2. The highest BCUT2D eigenvalue weighted by Gasteiger charge is 2.22. The van der Waals surface area contributed by atoms with Gasteiger partial charge in [-0.2, -0.15) is 0 Å². The van der Waals surface area contributed by atoms with Gasteiger partial charge in [-0.25, -0.2) is 16.8 Å². The number of para-hydroxylation sites is 2. The lowest BCUT2D eigenvalue weighted by molar-refractivity contribution is 0.164. The van der Waals surface area contributed by atoms with Gasteiger partial charge in [-0.15, -0.1) is 0 Å². The Morgan fingerprint density at radius 2 is 1.08 bits per heavy atom. The molecule has 0 spiro atoms. The largest absolute Gasteiger partial charge is 0.507 e. The molecular weight excluding hydrogens is 528 g/mol. The fraction of sp³-hybridized carbons (Fsp3) is 0.0714. The van der Waals surface area contributed by atoms with Crippen molar-refractivity contribution in [2.45, 2.75) is 25.7 Å². The molecule has 0 radical (unpaired) electrons. The van der Waals surface area contributed by atoms with Crippen LogP contribution in [-0.4, -0.2) is 39.8 Å². The number of benzene rings is 4. The third-order valence-corrected chi connectivity index (χ3v) is 9.18. The normalized spacial score (nSPS) is 12.4. The van der Waals surface area contributed by atoms with E-state index >= 15 is 0 Å². The minimum atomic E-state index is -3.91. The van der Waals surface area contributed by atoms with Crippen molar-refractivity contribution in [3.8, 4) is 23.0 Å². The Morgan fingerprint density at radius 3 is 1.50 bits per heavy atom. The number of rotatable bonds is 10. The van der Waals surface area contributed by atoms with Crippen LogP contribution in [0.3, 0.4) is 0 Å². The van der Waals surface area contributed by atoms with Gasteiger partial charge in [0.1, 0.15) is 39.4 Å². The maximum absolute atomic E-state index is 12.8. The van der Waals surface area contributed by atoms with E-state index in [0.717, 1.165) is 0 Å². The van der Waals surface area contributed by atoms with Crippen LogP contribution in [0.15, 0.2) is 129 Å². The lowest BCUT2D eigenvalue weighted by Gasteiger charge is -2.17. The number of ether oxygens (including phenoxy) is 2. The Kier molecular flexibility index (Phi) is 7.75. The average molecular weight is 553 g/mol. The Morgan fingerprint density at radius 1 is 0.658 bits per heavy atom. The Labute approximate surface area is 220 Å². The van der Waals surface area contributed by atoms with Crippen LogP contribution in [0.1, 0.15) is 0 Å². The number of aromatic hydroxyl groups is 2. The predicted octanol–water partition coefficient (Wildman–Crippen LogP) is 4.78. The van der Waals surface area contributed by atoms with Gasteiger partial charge in [0.25, 0.3) is 0 Å². The highest BCUT2D eigenvalue weighted by atomic mass is 32.2. The number of sulfone groups is 2. The average Bonchev–Trinajstić information content (AvgIpc) is 2.92. The Hall–Kier alpha value is -4.28. The molecule has 0 saturated heterocycles. The van der Waals surface area contributed by atoms with E-state index in [-0.39, 0.29) is 37.7 Å². The van der Waals surface area contributed by atoms with E-state index in [1.54, 1.807) is 0 Å². The van der Waals surface area contributed by atoms with Crippen molar-refractivity contribution in [2.75, 3.05) is 6.61 Å². The van der Waals surface area contributed by atoms with Crippen molar-refractivity contribution >= 4 is 19.7 Å². The van der Waals surface area contributed by atoms with Gasteiger partial charge in [0, 0.05) is 0 Å². The summed E-state index contributed by atoms with van der Waals surface area (Å²) < 4.78 is 62.7. The van der Waals surface area contributed by atoms with E-state index < -0.39 is 25.8 Å². The van der Waals surface area contributed by atoms with E-state index in [2.05, 4.69) is 6.58 Å². The molecule has 2 N–H and O–H groups in total. The van der Waals surface area contributed by atoms with Crippen LogP contribution >= 0.6 is 0 Å². The fourth-order valence-corrected chi connectivity index (χ4v) is 6.24. The van der Waals surface area contributed by atoms with Gasteiger partial charge in [0.05, 0.1) is 9.79 Å². The number of hydrogen-bond acceptors (Lipinski definition) is 8. The molecule has 0 bridgehead atoms. The molecule has 4 aromatic rings. The van der Waals surface area contributed by atoms with Crippen molar-refractivity contribution in [1.82, 2.24) is 0 Å². The molecule has 8 nitrogen and oxygen atoms in total. The Bertz CT molecular complexity index is 1640. The van der Waals surface area contributed by atoms with Gasteiger partial charge < -0.3 is 19.7 Å². The fourth-order valence-electron chi connectivity index (χ4n) is 3.54. The lowest BCUT2D eigenvalue weighted by atomic mass is 10.3. The molecule has 4 aromatic carbocycles. The van der Waals surface area contributed by atoms with Crippen molar-refractivity contribution < 1.29 is 36.5 Å². The summed E-state index contributed by atoms with van der Waals surface area (Å²) in [6.07, 6.45) is 0.921. The Balaban J connectivity index is 1.40. The highest BCUT2D eigenvalue weighted by Crippen LogP contribution is 2.30. The van der Waals surface area contributed by atoms with Crippen LogP contribution in [0.5, 0.6) is 23.0 Å². The van der Waals surface area contributed by atoms with Crippen molar-refractivity contribution in [2.24, 2.45) is 0 Å². The molecule has 10 heteroatoms. The minimum absolute atomic E-state index is 0.00161. The van der Waals surface area contributed by atoms with Crippen molar-refractivity contribution in [3.63, 3.8) is 0 Å². The molecule has 0 aliphatic rings. The first-order chi connectivity index (χ1) is 18.1. The summed E-state index contributed by atoms with van der Waals surface area (Å²) in [6, 6.07) is 22.9. The van der Waals surface area contributed by atoms with Crippen LogP contribution < -0.4 is 9.47 Å². The molecule has 0 aliphatic heterocycles. The topological polar surface area (TPSA) is 127 Å². The summed E-state index contributed by atoms with van der Waals surface area (Å²) in [4.78, 5) is -0.378. The summed E-state index contributed by atoms with van der Waals surface area (Å²) in [6.45, 7) is 3.78. The van der Waals surface area contributed by atoms with Gasteiger partial charge in [-0.1, -0.05) is 30.8 Å². The van der Waals surface area contributed by atoms with Crippen LogP contribution in [-0.2, 0) is 19.7 Å². The molecular formula is C28H24O8S2. The predicted molar refractivity (Wildman–Crippen MR) is 140 cm³/mol. The van der Waals surface area contributed by atoms with Gasteiger partial charge in [0.15, 0.2) is 6.10 Å². The molecule has 38 heavy (non-hydrogen) atoms. The van der Waals surface area contributed by atoms with Gasteiger partial charge >= 0.3 is 0 Å². The SMILES string of the molecule is C=CC(COc1ccc(S(=O)(=O)c2ccccc2O)cc1)Oc1ccc(S(=O)(=O)c2ccccc2O)cc1. The van der Waals surface area contributed by atoms with Crippen LogP contribution in [0.2, 0.25) is 0 Å². The monoisotopic (exact) mass is 552 g/mol. The molecule has 1 unspecified atom stereocenters. The summed E-state index contributed by atoms with van der Waals surface area (Å²) in [5, 5.41) is 19.8. The maximum atomic E-state index is 12.8. The minimum Gasteiger partial charge on any atom is -0.507 e. The summed E-state index contributed by atoms with van der Waals surface area (Å²) in [5.41, 5.74) is 0. The smallest absolute Gasteiger partial charge is 0.210 e. The van der Waals surface area contributed by atoms with E-state index in [9.17, 15) is 27.0 Å². The van der Waals surface area contributed by atoms with Gasteiger partial charge in [-0.05, 0) is 78.9 Å². The molecule has 0 saturated carbocycles. The van der Waals surface area contributed by atoms with E-state index in [1.807, 2.05) is 0 Å². The van der Waals surface area contributed by atoms with E-state index in [4.69, 9.17) is 9.47 Å². The van der Waals surface area contributed by atoms with E-state index in [0.29, 0.717) is 11.5 Å². The number of hydrogen-bond donors (Lipinski definition) is 2. The summed E-state index contributed by atoms with van der Waals surface area (Å²) in [7, 11) is -7.81. The second kappa shape index (κ2) is 11.0. The summed E-state index contributed by atoms with van der Waals surface area (Å²) >= 11 is 0. The third-order valence-electron chi connectivity index (χ3n) is 5.54. The standard InChI is InChI=1S/C28H24O8S2/c1-2-20(36-22-13-17-24(18-14-22)38(33,34)28-10-6-4-8-26(28)30)19-35-21-11-15-23(16-12-21)37(31,32)27-9-5-3-7-25(27)29/h2-18,20,29-30H,1,19H2. The second-order valence-electron chi connectivity index (χ2n) is 8.09. The quantitative estimate of drug-likeness (QED) is 0.269. The van der Waals surface area contributed by atoms with Gasteiger partial charge in [-0.3, -0.25) is 0 Å². The third kappa shape index (κ3) is 5.66. The number of phenols is 2. The molecule has 0 amide bonds. The first-order valence-corrected chi connectivity index (χ1v) is 14.3. The molecule has 0 aromatic heterocycles. The van der Waals surface area contributed by atoms with Crippen LogP contribution in [0.25, 0.3) is 0 Å². The first-order valence-electron chi connectivity index (χ1n) is 11.3. The molecule has 0 fully saturated rings. The molecule has 0 aliphatic carbocycles. The van der Waals surface area contributed by atoms with Crippen LogP contribution in [0.4, 0.5) is 0 Å². The van der Waals surface area contributed by atoms with Crippen molar-refractivity contribution in [3.05, 3.63) is 110 Å². The first kappa shape index (κ1) is 26.8. The maximum Gasteiger partial charge on any atom is 0.210 e. The molecule has 196 valence electrons. The van der Waals surface area contributed by atoms with Crippen molar-refractivity contribution in [1.29, 1.82) is 0 Å². The summed E-state index contributed by atoms with van der Waals surface area (Å²) in [5.74, 6) is 0.0998. The zero-order valence-corrected chi connectivity index (χ0v) is 21.6. The van der Waals surface area contributed by atoms with Crippen LogP contribution in [0, 0.1) is 0 Å². The highest BCUT2D eigenvalue weighted by molar-refractivity contribution is 7.92. The zero-order valence-electron chi connectivity index (χ0n) is 20.0. The lowest BCUT2D eigenvalue weighted by Crippen LogP contribution is -2.22. The zero-order chi connectivity index (χ0) is 27.3. The van der Waals surface area contributed by atoms with Gasteiger partial charge in [0.2, 0.25) is 19.7 Å². The molecule has 0 heterocycles. The molecule has 1 atom stereocenters. The second-order valence-corrected chi connectivity index (χ2v) is 11.9. The van der Waals surface area contributed by atoms with E-state index in [1.165, 1.54) is 103 Å².